The highest BCUT2D eigenvalue weighted by Gasteiger charge is 2.30. The third kappa shape index (κ3) is 2.53. The van der Waals surface area contributed by atoms with Crippen LogP contribution in [0.25, 0.3) is 17.3 Å². The number of amides is 1. The molecule has 0 saturated heterocycles. The number of nitrogens with two attached hydrogens (primary N) is 2. The quantitative estimate of drug-likeness (QED) is 0.870. The summed E-state index contributed by atoms with van der Waals surface area (Å²) in [6.45, 7) is 3.65. The zero-order chi connectivity index (χ0) is 17.6. The number of carbonyl (C=O) groups excluding carboxylic acids is 1. The maximum absolute atomic E-state index is 12.1. The molecule has 1 aromatic carbocycles. The number of allylic oxidation sites excluding steroid dienone is 1. The molecule has 1 aliphatic rings. The van der Waals surface area contributed by atoms with Crippen molar-refractivity contribution in [1.29, 1.82) is 0 Å². The average molecular weight is 346 g/mol. The number of sulfonamides is 1. The van der Waals surface area contributed by atoms with Gasteiger partial charge in [0.2, 0.25) is 5.82 Å². The molecule has 8 heteroatoms. The first-order valence-electron chi connectivity index (χ1n) is 7.45. The van der Waals surface area contributed by atoms with Gasteiger partial charge in [0.25, 0.3) is 15.9 Å². The smallest absolute Gasteiger partial charge is 0.284 e. The molecule has 0 bridgehead atoms. The van der Waals surface area contributed by atoms with Crippen molar-refractivity contribution in [3.8, 4) is 11.3 Å². The Labute approximate surface area is 140 Å². The first kappa shape index (κ1) is 16.4. The number of hydrogen-bond acceptors (Lipinski definition) is 4. The highest BCUT2D eigenvalue weighted by Crippen LogP contribution is 2.36. The number of primary sulfonamides is 1. The summed E-state index contributed by atoms with van der Waals surface area (Å²) in [7, 11) is -4.13. The Morgan fingerprint density at radius 3 is 2.62 bits per heavy atom. The SMILES string of the molecule is CC(C)n1c(C(N)=O)nc(S(N)(=O)=O)c1-c1cccc2c1C=CC2. The summed E-state index contributed by atoms with van der Waals surface area (Å²) in [6.07, 6.45) is 4.70. The molecule has 0 atom stereocenters. The summed E-state index contributed by atoms with van der Waals surface area (Å²) >= 11 is 0. The first-order chi connectivity index (χ1) is 11.2. The second kappa shape index (κ2) is 5.57. The number of hydrogen-bond donors (Lipinski definition) is 2. The fourth-order valence-electron chi connectivity index (χ4n) is 3.03. The van der Waals surface area contributed by atoms with Crippen molar-refractivity contribution in [2.24, 2.45) is 10.9 Å². The molecule has 1 aromatic heterocycles. The van der Waals surface area contributed by atoms with E-state index in [0.29, 0.717) is 11.3 Å². The van der Waals surface area contributed by atoms with Crippen molar-refractivity contribution in [3.63, 3.8) is 0 Å². The van der Waals surface area contributed by atoms with E-state index in [1.807, 2.05) is 38.1 Å². The van der Waals surface area contributed by atoms with Gasteiger partial charge in [0.1, 0.15) is 0 Å². The summed E-state index contributed by atoms with van der Waals surface area (Å²) in [5.74, 6) is -0.924. The number of imidazole rings is 1. The summed E-state index contributed by atoms with van der Waals surface area (Å²) < 4.78 is 25.7. The molecule has 0 fully saturated rings. The monoisotopic (exact) mass is 346 g/mol. The predicted molar refractivity (Wildman–Crippen MR) is 90.7 cm³/mol. The number of primary amides is 1. The lowest BCUT2D eigenvalue weighted by Crippen LogP contribution is -2.20. The number of carbonyl (C=O) groups is 1. The fourth-order valence-corrected chi connectivity index (χ4v) is 3.72. The van der Waals surface area contributed by atoms with Crippen LogP contribution in [0.3, 0.4) is 0 Å². The Hall–Kier alpha value is -2.45. The number of nitrogens with zero attached hydrogens (tertiary/aromatic N) is 2. The van der Waals surface area contributed by atoms with E-state index in [0.717, 1.165) is 17.5 Å². The third-order valence-electron chi connectivity index (χ3n) is 3.96. The Morgan fingerprint density at radius 2 is 2.04 bits per heavy atom. The molecule has 1 aliphatic carbocycles. The van der Waals surface area contributed by atoms with E-state index in [4.69, 9.17) is 10.9 Å². The van der Waals surface area contributed by atoms with E-state index >= 15 is 0 Å². The minimum absolute atomic E-state index is 0.122. The predicted octanol–water partition coefficient (Wildman–Crippen LogP) is 1.45. The molecule has 4 N–H and O–H groups in total. The average Bonchev–Trinajstić information content (AvgIpc) is 3.10. The Morgan fingerprint density at radius 1 is 1.33 bits per heavy atom. The van der Waals surface area contributed by atoms with Gasteiger partial charge >= 0.3 is 0 Å². The van der Waals surface area contributed by atoms with Crippen molar-refractivity contribution in [3.05, 3.63) is 41.2 Å². The molecule has 0 radical (unpaired) electrons. The van der Waals surface area contributed by atoms with Gasteiger partial charge in [-0.3, -0.25) is 4.79 Å². The van der Waals surface area contributed by atoms with Gasteiger partial charge in [0.05, 0.1) is 5.69 Å². The third-order valence-corrected chi connectivity index (χ3v) is 4.78. The molecular formula is C16H18N4O3S. The summed E-state index contributed by atoms with van der Waals surface area (Å²) in [6, 6.07) is 5.38. The highest BCUT2D eigenvalue weighted by molar-refractivity contribution is 7.89. The largest absolute Gasteiger partial charge is 0.363 e. The topological polar surface area (TPSA) is 121 Å². The van der Waals surface area contributed by atoms with Crippen LogP contribution in [0.5, 0.6) is 0 Å². The normalized spacial score (nSPS) is 13.5. The van der Waals surface area contributed by atoms with Crippen LogP contribution in [0.4, 0.5) is 0 Å². The van der Waals surface area contributed by atoms with Gasteiger partial charge in [-0.1, -0.05) is 30.4 Å². The van der Waals surface area contributed by atoms with Gasteiger partial charge in [-0.05, 0) is 31.4 Å². The zero-order valence-electron chi connectivity index (χ0n) is 13.4. The Bertz CT molecular complexity index is 971. The van der Waals surface area contributed by atoms with Gasteiger partial charge in [-0.2, -0.15) is 0 Å². The number of rotatable bonds is 4. The standard InChI is InChI=1S/C16H18N4O3S/c1-9(2)20-13(12-8-4-6-10-5-3-7-11(10)12)16(24(18,22)23)19-15(20)14(17)21/h3-4,6-9H,5H2,1-2H3,(H2,17,21)(H2,18,22,23). The molecule has 0 unspecified atom stereocenters. The van der Waals surface area contributed by atoms with Gasteiger partial charge in [0, 0.05) is 11.6 Å². The molecule has 0 spiro atoms. The van der Waals surface area contributed by atoms with Crippen LogP contribution < -0.4 is 10.9 Å². The second-order valence-corrected chi connectivity index (χ2v) is 7.42. The lowest BCUT2D eigenvalue weighted by atomic mass is 10.0. The maximum Gasteiger partial charge on any atom is 0.284 e. The van der Waals surface area contributed by atoms with Crippen LogP contribution in [-0.4, -0.2) is 23.9 Å². The summed E-state index contributed by atoms with van der Waals surface area (Å²) in [5, 5.41) is 5.01. The minimum Gasteiger partial charge on any atom is -0.363 e. The molecule has 24 heavy (non-hydrogen) atoms. The van der Waals surface area contributed by atoms with Crippen molar-refractivity contribution < 1.29 is 13.2 Å². The number of benzene rings is 1. The zero-order valence-corrected chi connectivity index (χ0v) is 14.2. The van der Waals surface area contributed by atoms with Gasteiger partial charge < -0.3 is 10.3 Å². The lowest BCUT2D eigenvalue weighted by Gasteiger charge is -2.17. The van der Waals surface area contributed by atoms with Gasteiger partial charge in [0.15, 0.2) is 5.03 Å². The van der Waals surface area contributed by atoms with E-state index in [1.54, 1.807) is 6.07 Å². The first-order valence-corrected chi connectivity index (χ1v) is 9.00. The van der Waals surface area contributed by atoms with Crippen LogP contribution in [0.2, 0.25) is 0 Å². The molecular weight excluding hydrogens is 328 g/mol. The highest BCUT2D eigenvalue weighted by atomic mass is 32.2. The van der Waals surface area contributed by atoms with E-state index < -0.39 is 15.9 Å². The van der Waals surface area contributed by atoms with E-state index in [9.17, 15) is 13.2 Å². The van der Waals surface area contributed by atoms with Crippen LogP contribution in [0.1, 0.15) is 41.6 Å². The molecule has 2 aromatic rings. The molecule has 0 aliphatic heterocycles. The molecule has 7 nitrogen and oxygen atoms in total. The maximum atomic E-state index is 12.1. The van der Waals surface area contributed by atoms with E-state index in [-0.39, 0.29) is 16.9 Å². The van der Waals surface area contributed by atoms with E-state index in [2.05, 4.69) is 4.98 Å². The van der Waals surface area contributed by atoms with Crippen LogP contribution in [-0.2, 0) is 16.4 Å². The van der Waals surface area contributed by atoms with Crippen molar-refractivity contribution in [2.75, 3.05) is 0 Å². The van der Waals surface area contributed by atoms with Gasteiger partial charge in [-0.15, -0.1) is 0 Å². The van der Waals surface area contributed by atoms with Crippen molar-refractivity contribution >= 4 is 22.0 Å². The van der Waals surface area contributed by atoms with Crippen LogP contribution in [0, 0.1) is 0 Å². The fraction of sp³-hybridized carbons (Fsp3) is 0.250. The van der Waals surface area contributed by atoms with Crippen LogP contribution >= 0.6 is 0 Å². The summed E-state index contributed by atoms with van der Waals surface area (Å²) in [4.78, 5) is 15.7. The Balaban J connectivity index is 2.45. The molecule has 1 heterocycles. The summed E-state index contributed by atoms with van der Waals surface area (Å²) in [5.41, 5.74) is 8.34. The van der Waals surface area contributed by atoms with E-state index in [1.165, 1.54) is 4.57 Å². The lowest BCUT2D eigenvalue weighted by molar-refractivity contribution is 0.0984. The molecule has 0 saturated carbocycles. The van der Waals surface area contributed by atoms with Crippen molar-refractivity contribution in [1.82, 2.24) is 9.55 Å². The van der Waals surface area contributed by atoms with Crippen molar-refractivity contribution in [2.45, 2.75) is 31.3 Å². The minimum atomic E-state index is -4.13. The molecule has 126 valence electrons. The van der Waals surface area contributed by atoms with Crippen LogP contribution in [0.15, 0.2) is 29.3 Å². The number of fused-ring (bicyclic) bond motifs is 1. The Kier molecular flexibility index (Phi) is 3.81. The number of aromatic nitrogens is 2. The van der Waals surface area contributed by atoms with Gasteiger partial charge in [-0.25, -0.2) is 18.5 Å². The second-order valence-electron chi connectivity index (χ2n) is 5.95. The molecule has 3 rings (SSSR count). The molecule has 1 amide bonds.